The Bertz CT molecular complexity index is 139. The number of aliphatic hydroxyl groups excluding tert-OH is 2. The summed E-state index contributed by atoms with van der Waals surface area (Å²) in [6.07, 6.45) is -4.71. The summed E-state index contributed by atoms with van der Waals surface area (Å²) < 4.78 is 0. The number of rotatable bonds is 3. The van der Waals surface area contributed by atoms with Gasteiger partial charge in [0.15, 0.2) is 6.10 Å². The molecule has 0 aliphatic rings. The van der Waals surface area contributed by atoms with Gasteiger partial charge in [-0.2, -0.15) is 0 Å². The van der Waals surface area contributed by atoms with Crippen molar-refractivity contribution in [3.63, 3.8) is 0 Å². The van der Waals surface area contributed by atoms with Crippen LogP contribution in [0.2, 0.25) is 0 Å². The number of carboxylic acids is 2. The predicted octanol–water partition coefficient (Wildman–Crippen LogP) is -6.45. The SMILES string of the molecule is O=C([O-])[C@@H](O)[C@@H](O)C(=O)O.[Na+]. The Balaban J connectivity index is 0. The minimum Gasteiger partial charge on any atom is -0.547 e. The van der Waals surface area contributed by atoms with Crippen molar-refractivity contribution >= 4 is 11.9 Å². The van der Waals surface area contributed by atoms with E-state index >= 15 is 0 Å². The van der Waals surface area contributed by atoms with Crippen molar-refractivity contribution in [3.05, 3.63) is 0 Å². The first-order chi connectivity index (χ1) is 4.46. The van der Waals surface area contributed by atoms with Gasteiger partial charge < -0.3 is 25.2 Å². The molecule has 0 radical (unpaired) electrons. The van der Waals surface area contributed by atoms with Crippen LogP contribution in [-0.4, -0.2) is 39.5 Å². The number of hydrogen-bond acceptors (Lipinski definition) is 5. The Morgan fingerprint density at radius 2 is 1.55 bits per heavy atom. The van der Waals surface area contributed by atoms with Crippen molar-refractivity contribution in [2.45, 2.75) is 12.2 Å². The van der Waals surface area contributed by atoms with Gasteiger partial charge in [0.1, 0.15) is 6.10 Å². The van der Waals surface area contributed by atoms with E-state index in [-0.39, 0.29) is 29.6 Å². The molecule has 58 valence electrons. The van der Waals surface area contributed by atoms with Crippen molar-refractivity contribution in [1.29, 1.82) is 0 Å². The monoisotopic (exact) mass is 172 g/mol. The summed E-state index contributed by atoms with van der Waals surface area (Å²) in [5, 5.41) is 34.1. The summed E-state index contributed by atoms with van der Waals surface area (Å²) in [4.78, 5) is 19.4. The summed E-state index contributed by atoms with van der Waals surface area (Å²) >= 11 is 0. The summed E-state index contributed by atoms with van der Waals surface area (Å²) in [6.45, 7) is 0. The van der Waals surface area contributed by atoms with Crippen molar-refractivity contribution in [2.24, 2.45) is 0 Å². The molecule has 0 aromatic heterocycles. The maximum absolute atomic E-state index is 9.74. The molecule has 0 saturated carbocycles. The van der Waals surface area contributed by atoms with E-state index in [9.17, 15) is 14.7 Å². The smallest absolute Gasteiger partial charge is 0.547 e. The molecule has 0 amide bonds. The molecule has 0 heterocycles. The average molecular weight is 172 g/mol. The van der Waals surface area contributed by atoms with Gasteiger partial charge in [0, 0.05) is 0 Å². The molecule has 0 aromatic rings. The van der Waals surface area contributed by atoms with Crippen LogP contribution in [0.4, 0.5) is 0 Å². The zero-order valence-electron chi connectivity index (χ0n) is 5.72. The van der Waals surface area contributed by atoms with Crippen molar-refractivity contribution < 1.29 is 59.6 Å². The molecular formula is C4H5NaO6. The van der Waals surface area contributed by atoms with Crippen LogP contribution in [-0.2, 0) is 9.59 Å². The zero-order chi connectivity index (χ0) is 8.31. The molecule has 2 atom stereocenters. The van der Waals surface area contributed by atoms with E-state index in [1.54, 1.807) is 0 Å². The van der Waals surface area contributed by atoms with Crippen molar-refractivity contribution in [2.75, 3.05) is 0 Å². The summed E-state index contributed by atoms with van der Waals surface area (Å²) in [6, 6.07) is 0. The van der Waals surface area contributed by atoms with Crippen molar-refractivity contribution in [1.82, 2.24) is 0 Å². The number of carboxylic acid groups (broad SMARTS) is 2. The van der Waals surface area contributed by atoms with Gasteiger partial charge in [-0.25, -0.2) is 4.79 Å². The number of aliphatic carboxylic acids is 2. The van der Waals surface area contributed by atoms with E-state index in [0.29, 0.717) is 0 Å². The minimum atomic E-state index is -2.38. The Kier molecular flexibility index (Phi) is 6.73. The number of carbonyl (C=O) groups excluding carboxylic acids is 1. The first-order valence-corrected chi connectivity index (χ1v) is 2.26. The van der Waals surface area contributed by atoms with Gasteiger partial charge in [-0.3, -0.25) is 0 Å². The van der Waals surface area contributed by atoms with Crippen LogP contribution in [0.3, 0.4) is 0 Å². The minimum absolute atomic E-state index is 0. The molecule has 3 N–H and O–H groups in total. The number of aliphatic hydroxyl groups is 2. The molecule has 0 aliphatic heterocycles. The molecule has 0 saturated heterocycles. The van der Waals surface area contributed by atoms with Gasteiger partial charge in [-0.1, -0.05) is 0 Å². The van der Waals surface area contributed by atoms with Gasteiger partial charge in [0.2, 0.25) is 0 Å². The van der Waals surface area contributed by atoms with Crippen LogP contribution >= 0.6 is 0 Å². The normalized spacial score (nSPS) is 14.4. The van der Waals surface area contributed by atoms with E-state index in [1.807, 2.05) is 0 Å². The molecule has 11 heavy (non-hydrogen) atoms. The second-order valence-electron chi connectivity index (χ2n) is 1.55. The summed E-state index contributed by atoms with van der Waals surface area (Å²) in [5.74, 6) is -3.83. The van der Waals surface area contributed by atoms with Gasteiger partial charge in [-0.05, 0) is 0 Å². The standard InChI is InChI=1S/C4H6O6.Na/c5-1(3(7)8)2(6)4(9)10;/h1-2,5-6H,(H,7,8)(H,9,10);/q;+1/p-1/t1-,2+;. The summed E-state index contributed by atoms with van der Waals surface area (Å²) in [7, 11) is 0. The largest absolute Gasteiger partial charge is 1.00 e. The molecule has 7 heteroatoms. The van der Waals surface area contributed by atoms with Crippen LogP contribution in [0.1, 0.15) is 0 Å². The van der Waals surface area contributed by atoms with Crippen LogP contribution in [0.25, 0.3) is 0 Å². The zero-order valence-corrected chi connectivity index (χ0v) is 7.72. The molecule has 0 aromatic carbocycles. The Hall–Kier alpha value is -0.140. The van der Waals surface area contributed by atoms with E-state index in [4.69, 9.17) is 15.3 Å². The second kappa shape index (κ2) is 5.50. The van der Waals surface area contributed by atoms with Crippen molar-refractivity contribution in [3.8, 4) is 0 Å². The molecule has 6 nitrogen and oxygen atoms in total. The van der Waals surface area contributed by atoms with E-state index in [0.717, 1.165) is 0 Å². The molecular weight excluding hydrogens is 167 g/mol. The Labute approximate surface area is 83.7 Å². The molecule has 0 aliphatic carbocycles. The van der Waals surface area contributed by atoms with E-state index < -0.39 is 24.1 Å². The van der Waals surface area contributed by atoms with Crippen LogP contribution in [0.5, 0.6) is 0 Å². The quantitative estimate of drug-likeness (QED) is 0.364. The third kappa shape index (κ3) is 4.33. The fourth-order valence-electron chi connectivity index (χ4n) is 0.264. The third-order valence-corrected chi connectivity index (χ3v) is 0.794. The Morgan fingerprint density at radius 3 is 1.64 bits per heavy atom. The average Bonchev–Trinajstić information content (AvgIpc) is 1.84. The maximum Gasteiger partial charge on any atom is 1.00 e. The summed E-state index contributed by atoms with van der Waals surface area (Å²) in [5.41, 5.74) is 0. The predicted molar refractivity (Wildman–Crippen MR) is 24.7 cm³/mol. The van der Waals surface area contributed by atoms with Gasteiger partial charge in [-0.15, -0.1) is 0 Å². The van der Waals surface area contributed by atoms with Crippen LogP contribution < -0.4 is 34.7 Å². The van der Waals surface area contributed by atoms with Gasteiger partial charge in [0.05, 0.1) is 5.97 Å². The molecule has 0 rings (SSSR count). The second-order valence-corrected chi connectivity index (χ2v) is 1.55. The number of hydrogen-bond donors (Lipinski definition) is 3. The molecule has 0 bridgehead atoms. The maximum atomic E-state index is 9.74. The van der Waals surface area contributed by atoms with Gasteiger partial charge in [0.25, 0.3) is 0 Å². The Morgan fingerprint density at radius 1 is 1.18 bits per heavy atom. The van der Waals surface area contributed by atoms with Crippen LogP contribution in [0, 0.1) is 0 Å². The molecule has 0 spiro atoms. The first-order valence-electron chi connectivity index (χ1n) is 2.26. The topological polar surface area (TPSA) is 118 Å². The van der Waals surface area contributed by atoms with E-state index in [2.05, 4.69) is 0 Å². The molecule has 0 unspecified atom stereocenters. The number of carbonyl (C=O) groups is 2. The van der Waals surface area contributed by atoms with Gasteiger partial charge >= 0.3 is 35.5 Å². The molecule has 0 fully saturated rings. The van der Waals surface area contributed by atoms with E-state index in [1.165, 1.54) is 0 Å². The van der Waals surface area contributed by atoms with Crippen LogP contribution in [0.15, 0.2) is 0 Å². The fraction of sp³-hybridized carbons (Fsp3) is 0.500. The first kappa shape index (κ1) is 13.4. The third-order valence-electron chi connectivity index (χ3n) is 0.794. The fourth-order valence-corrected chi connectivity index (χ4v) is 0.264.